The molecule has 2 aliphatic heterocycles. The van der Waals surface area contributed by atoms with Crippen LogP contribution in [0.3, 0.4) is 0 Å². The predicted octanol–water partition coefficient (Wildman–Crippen LogP) is 20.3. The number of rotatable bonds is 11. The lowest BCUT2D eigenvalue weighted by atomic mass is 9.33. The molecule has 5 heteroatoms. The predicted molar refractivity (Wildman–Crippen MR) is 366 cm³/mol. The fraction of sp³-hybridized carbons (Fsp3) is 0.146. The molecule has 4 nitrogen and oxygen atoms in total. The summed E-state index contributed by atoms with van der Waals surface area (Å²) in [6.45, 7) is -0.0874. The molecule has 0 N–H and O–H groups in total. The second-order valence-electron chi connectivity index (χ2n) is 24.5. The first kappa shape index (κ1) is 52.7. The minimum Gasteiger partial charge on any atom is -0.311 e. The van der Waals surface area contributed by atoms with Gasteiger partial charge in [-0.1, -0.05) is 245 Å². The number of aromatic nitrogens is 2. The van der Waals surface area contributed by atoms with E-state index in [-0.39, 0.29) is 6.71 Å². The molecule has 418 valence electrons. The summed E-state index contributed by atoms with van der Waals surface area (Å²) in [5.74, 6) is 1.68. The van der Waals surface area contributed by atoms with Gasteiger partial charge < -0.3 is 9.80 Å². The number of anilines is 6. The van der Waals surface area contributed by atoms with Crippen molar-refractivity contribution in [1.29, 1.82) is 0 Å². The molecule has 2 aliphatic carbocycles. The molecule has 0 bridgehead atoms. The summed E-state index contributed by atoms with van der Waals surface area (Å²) in [6.07, 6.45) is 12.5. The van der Waals surface area contributed by atoms with Crippen molar-refractivity contribution >= 4 is 57.2 Å². The van der Waals surface area contributed by atoms with Crippen LogP contribution in [0.25, 0.3) is 78.4 Å². The monoisotopic (exact) mass is 1120 g/mol. The molecule has 0 amide bonds. The van der Waals surface area contributed by atoms with Crippen LogP contribution < -0.4 is 26.2 Å². The third kappa shape index (κ3) is 10.1. The average Bonchev–Trinajstić information content (AvgIpc) is 1.23. The Hall–Kier alpha value is -9.84. The summed E-state index contributed by atoms with van der Waals surface area (Å²) in [7, 11) is 0. The molecule has 87 heavy (non-hydrogen) atoms. The van der Waals surface area contributed by atoms with E-state index in [0.717, 1.165) is 50.8 Å². The fourth-order valence-electron chi connectivity index (χ4n) is 14.8. The molecule has 11 aromatic carbocycles. The highest BCUT2D eigenvalue weighted by atomic mass is 15.2. The van der Waals surface area contributed by atoms with E-state index in [1.54, 1.807) is 0 Å². The van der Waals surface area contributed by atoms with Gasteiger partial charge >= 0.3 is 0 Å². The maximum Gasteiger partial charge on any atom is 0.252 e. The van der Waals surface area contributed by atoms with Crippen molar-refractivity contribution in [2.24, 2.45) is 0 Å². The molecule has 0 saturated heterocycles. The van der Waals surface area contributed by atoms with Crippen LogP contribution in [0.15, 0.2) is 273 Å². The first-order chi connectivity index (χ1) is 43.1. The Labute approximate surface area is 512 Å². The van der Waals surface area contributed by atoms with Crippen LogP contribution >= 0.6 is 0 Å². The van der Waals surface area contributed by atoms with Gasteiger partial charge in [0.05, 0.1) is 11.4 Å². The lowest BCUT2D eigenvalue weighted by Crippen LogP contribution is -2.61. The highest BCUT2D eigenvalue weighted by Crippen LogP contribution is 2.50. The van der Waals surface area contributed by atoms with Gasteiger partial charge in [0.25, 0.3) is 6.71 Å². The van der Waals surface area contributed by atoms with E-state index in [2.05, 4.69) is 283 Å². The highest BCUT2D eigenvalue weighted by Gasteiger charge is 2.45. The van der Waals surface area contributed by atoms with E-state index >= 15 is 0 Å². The Morgan fingerprint density at radius 2 is 0.609 bits per heavy atom. The standard InChI is InChI=1S/C82H67BN4/c1-9-25-56(26-10-1)64-41-43-73-77(51-64)86(71-47-66(58-29-13-3-14-30-58)45-67(48-71)59-31-15-4-16-32-59)79-53-70(82-84-75(62-37-21-7-22-38-62)55-76(85-82)63-39-23-8-24-40-63)54-80-81(79)83(73)74-44-42-65(57-27-11-2-12-28-57)52-78(74)87(80)72-49-68(60-33-17-5-18-34-60)46-69(50-72)61-35-19-6-20-36-61/h3-8,13-24,29-57H,1-2,9-12,25-28H2. The van der Waals surface area contributed by atoms with Crippen LogP contribution in [0.4, 0.5) is 34.1 Å². The van der Waals surface area contributed by atoms with E-state index in [9.17, 15) is 0 Å². The maximum absolute atomic E-state index is 5.66. The van der Waals surface area contributed by atoms with Crippen molar-refractivity contribution in [2.75, 3.05) is 9.80 Å². The minimum absolute atomic E-state index is 0.0874. The third-order valence-electron chi connectivity index (χ3n) is 19.2. The van der Waals surface area contributed by atoms with Gasteiger partial charge in [-0.15, -0.1) is 0 Å². The zero-order chi connectivity index (χ0) is 57.6. The summed E-state index contributed by atoms with van der Waals surface area (Å²) in [6, 6.07) is 102. The lowest BCUT2D eigenvalue weighted by Gasteiger charge is -2.45. The van der Waals surface area contributed by atoms with Crippen molar-refractivity contribution in [2.45, 2.75) is 76.0 Å². The van der Waals surface area contributed by atoms with Gasteiger partial charge in [-0.05, 0) is 176 Å². The zero-order valence-electron chi connectivity index (χ0n) is 49.1. The summed E-state index contributed by atoms with van der Waals surface area (Å²) in [4.78, 5) is 16.6. The summed E-state index contributed by atoms with van der Waals surface area (Å²) in [5, 5.41) is 0. The Balaban J connectivity index is 1.04. The molecule has 2 fully saturated rings. The number of nitrogens with zero attached hydrogens (tertiary/aromatic N) is 4. The van der Waals surface area contributed by atoms with Crippen LogP contribution in [0.2, 0.25) is 0 Å². The van der Waals surface area contributed by atoms with Crippen LogP contribution in [-0.4, -0.2) is 16.7 Å². The number of benzene rings is 11. The Kier molecular flexibility index (Phi) is 13.9. The topological polar surface area (TPSA) is 32.3 Å². The summed E-state index contributed by atoms with van der Waals surface area (Å²) in [5.41, 5.74) is 28.0. The van der Waals surface area contributed by atoms with Crippen molar-refractivity contribution in [1.82, 2.24) is 9.97 Å². The fourth-order valence-corrected chi connectivity index (χ4v) is 14.8. The van der Waals surface area contributed by atoms with Gasteiger partial charge in [0.1, 0.15) is 0 Å². The molecule has 0 spiro atoms. The van der Waals surface area contributed by atoms with Crippen LogP contribution in [0.5, 0.6) is 0 Å². The SMILES string of the molecule is c1ccc(-c2cc(-c3ccccc3)cc(N3c4cc(C5CCCCC5)ccc4B4c5ccc(C6CCCCC6)cc5N(c5cc(-c6ccccc6)cc(-c6ccccc6)c5)c5cc(-c6nc(-c7ccccc7)cc(-c7ccccc7)n6)cc3c54)c2)cc1. The maximum atomic E-state index is 5.66. The van der Waals surface area contributed by atoms with Crippen LogP contribution in [0.1, 0.15) is 87.2 Å². The molecule has 1 aromatic heterocycles. The molecule has 4 aliphatic rings. The van der Waals surface area contributed by atoms with Crippen molar-refractivity contribution in [3.63, 3.8) is 0 Å². The van der Waals surface area contributed by atoms with Crippen LogP contribution in [-0.2, 0) is 0 Å². The van der Waals surface area contributed by atoms with Gasteiger partial charge in [-0.2, -0.15) is 0 Å². The third-order valence-corrected chi connectivity index (χ3v) is 19.2. The van der Waals surface area contributed by atoms with E-state index < -0.39 is 0 Å². The molecular weight excluding hydrogens is 1050 g/mol. The van der Waals surface area contributed by atoms with E-state index in [4.69, 9.17) is 9.97 Å². The molecule has 0 unspecified atom stereocenters. The van der Waals surface area contributed by atoms with Crippen molar-refractivity contribution in [3.05, 3.63) is 284 Å². The van der Waals surface area contributed by atoms with Gasteiger partial charge in [0, 0.05) is 50.8 Å². The van der Waals surface area contributed by atoms with E-state index in [0.29, 0.717) is 17.7 Å². The molecule has 3 heterocycles. The quantitative estimate of drug-likeness (QED) is 0.121. The Bertz CT molecular complexity index is 4070. The van der Waals surface area contributed by atoms with Gasteiger partial charge in [-0.25, -0.2) is 9.97 Å². The second-order valence-corrected chi connectivity index (χ2v) is 24.5. The van der Waals surface area contributed by atoms with E-state index in [1.165, 1.54) is 148 Å². The molecule has 0 radical (unpaired) electrons. The number of hydrogen-bond donors (Lipinski definition) is 0. The molecule has 2 saturated carbocycles. The molecular formula is C82H67BN4. The molecule has 0 atom stereocenters. The van der Waals surface area contributed by atoms with E-state index in [1.807, 2.05) is 0 Å². The van der Waals surface area contributed by atoms with Gasteiger partial charge in [0.2, 0.25) is 0 Å². The van der Waals surface area contributed by atoms with Gasteiger partial charge in [-0.3, -0.25) is 0 Å². The second kappa shape index (κ2) is 22.9. The Morgan fingerprint density at radius 3 is 0.954 bits per heavy atom. The normalized spacial score (nSPS) is 14.7. The Morgan fingerprint density at radius 1 is 0.276 bits per heavy atom. The molecule has 16 rings (SSSR count). The first-order valence-corrected chi connectivity index (χ1v) is 31.7. The molecule has 12 aromatic rings. The first-order valence-electron chi connectivity index (χ1n) is 31.7. The minimum atomic E-state index is -0.0874. The van der Waals surface area contributed by atoms with Gasteiger partial charge in [0.15, 0.2) is 5.82 Å². The van der Waals surface area contributed by atoms with Crippen molar-refractivity contribution < 1.29 is 0 Å². The van der Waals surface area contributed by atoms with Crippen molar-refractivity contribution in [3.8, 4) is 78.4 Å². The largest absolute Gasteiger partial charge is 0.311 e. The lowest BCUT2D eigenvalue weighted by molar-refractivity contribution is 0.444. The average molecular weight is 1120 g/mol. The zero-order valence-corrected chi connectivity index (χ0v) is 49.1. The van der Waals surface area contributed by atoms with Crippen LogP contribution in [0, 0.1) is 0 Å². The highest BCUT2D eigenvalue weighted by molar-refractivity contribution is 7.00. The number of hydrogen-bond acceptors (Lipinski definition) is 4. The smallest absolute Gasteiger partial charge is 0.252 e. The number of fused-ring (bicyclic) bond motifs is 4. The summed E-state index contributed by atoms with van der Waals surface area (Å²) < 4.78 is 0. The summed E-state index contributed by atoms with van der Waals surface area (Å²) >= 11 is 0.